The summed E-state index contributed by atoms with van der Waals surface area (Å²) in [5.74, 6) is 0. The van der Waals surface area contributed by atoms with Crippen LogP contribution < -0.4 is 0 Å². The van der Waals surface area contributed by atoms with Crippen LogP contribution in [0.5, 0.6) is 0 Å². The van der Waals surface area contributed by atoms with Gasteiger partial charge in [-0.1, -0.05) is 40.2 Å². The molecule has 3 rings (SSSR count). The van der Waals surface area contributed by atoms with Gasteiger partial charge in [-0.3, -0.25) is 0 Å². The monoisotopic (exact) mass is 411 g/mol. The third kappa shape index (κ3) is 3.25. The molecule has 10 heteroatoms. The lowest BCUT2D eigenvalue weighted by Gasteiger charge is -2.34. The van der Waals surface area contributed by atoms with Crippen LogP contribution in [0.25, 0.3) is 0 Å². The second-order valence-electron chi connectivity index (χ2n) is 6.09. The second kappa shape index (κ2) is 6.90. The first-order valence-corrected chi connectivity index (χ1v) is 12.4. The van der Waals surface area contributed by atoms with E-state index in [2.05, 4.69) is 12.1 Å². The Bertz CT molecular complexity index is 1030. The molecule has 2 unspecified atom stereocenters. The van der Waals surface area contributed by atoms with Crippen LogP contribution in [0.2, 0.25) is 0 Å². The summed E-state index contributed by atoms with van der Waals surface area (Å²) in [6.07, 6.45) is 0. The van der Waals surface area contributed by atoms with Crippen LogP contribution in [0.4, 0.5) is 0 Å². The van der Waals surface area contributed by atoms with E-state index in [9.17, 15) is 8.42 Å². The fraction of sp³-hybridized carbons (Fsp3) is 0.250. The topological polar surface area (TPSA) is 77.7 Å². The van der Waals surface area contributed by atoms with Crippen LogP contribution in [0, 0.1) is 0 Å². The lowest BCUT2D eigenvalue weighted by atomic mass is 10.4. The minimum Gasteiger partial charge on any atom is -0.245 e. The van der Waals surface area contributed by atoms with Gasteiger partial charge in [0.2, 0.25) is 7.51 Å². The smallest absolute Gasteiger partial charge is 0.235 e. The van der Waals surface area contributed by atoms with Gasteiger partial charge >= 0.3 is 0 Å². The van der Waals surface area contributed by atoms with E-state index in [0.717, 1.165) is 0 Å². The molecule has 140 valence electrons. The average Bonchev–Trinajstić information content (AvgIpc) is 2.62. The first-order valence-electron chi connectivity index (χ1n) is 7.88. The molecular formula is C16H22N5O2PS2. The third-order valence-corrected chi connectivity index (χ3v) is 12.9. The standard InChI is InChI=1S/C16H22N5O2PS2/c1-20(2)24(21(3)4)17-25(22,15-11-7-5-8-12-15)19-26(23,18-24)16-13-9-6-10-14-16/h5-14H,1-4H3. The molecule has 0 saturated carbocycles. The van der Waals surface area contributed by atoms with E-state index in [1.807, 2.05) is 40.3 Å². The Morgan fingerprint density at radius 1 is 0.731 bits per heavy atom. The number of hydrogen-bond donors (Lipinski definition) is 0. The van der Waals surface area contributed by atoms with Crippen molar-refractivity contribution in [2.45, 2.75) is 9.79 Å². The van der Waals surface area contributed by atoms with Gasteiger partial charge in [0.1, 0.15) is 0 Å². The van der Waals surface area contributed by atoms with Crippen LogP contribution in [0.3, 0.4) is 0 Å². The molecule has 7 nitrogen and oxygen atoms in total. The number of rotatable bonds is 4. The van der Waals surface area contributed by atoms with Crippen molar-refractivity contribution in [1.29, 1.82) is 0 Å². The second-order valence-corrected chi connectivity index (χ2v) is 13.6. The Kier molecular flexibility index (Phi) is 5.11. The van der Waals surface area contributed by atoms with Gasteiger partial charge in [-0.2, -0.15) is 0 Å². The molecule has 0 aromatic heterocycles. The number of hydrogen-bond acceptors (Lipinski definition) is 5. The van der Waals surface area contributed by atoms with Gasteiger partial charge in [0.05, 0.1) is 9.79 Å². The van der Waals surface area contributed by atoms with E-state index >= 15 is 0 Å². The fourth-order valence-corrected chi connectivity index (χ4v) is 12.7. The van der Waals surface area contributed by atoms with Crippen LogP contribution in [0.1, 0.15) is 0 Å². The first-order chi connectivity index (χ1) is 12.2. The van der Waals surface area contributed by atoms with Gasteiger partial charge in [0.15, 0.2) is 19.8 Å². The number of nitrogens with zero attached hydrogens (tertiary/aromatic N) is 5. The van der Waals surface area contributed by atoms with Crippen molar-refractivity contribution < 1.29 is 8.42 Å². The summed E-state index contributed by atoms with van der Waals surface area (Å²) >= 11 is 0. The Morgan fingerprint density at radius 3 is 1.58 bits per heavy atom. The molecule has 0 amide bonds. The van der Waals surface area contributed by atoms with Crippen molar-refractivity contribution in [2.24, 2.45) is 12.1 Å². The van der Waals surface area contributed by atoms with E-state index in [1.54, 1.807) is 57.9 Å². The van der Waals surface area contributed by atoms with Crippen LogP contribution >= 0.6 is 7.51 Å². The summed E-state index contributed by atoms with van der Waals surface area (Å²) < 4.78 is 44.7. The molecule has 0 saturated heterocycles. The summed E-state index contributed by atoms with van der Waals surface area (Å²) in [5, 5.41) is 0. The van der Waals surface area contributed by atoms with Crippen molar-refractivity contribution in [1.82, 2.24) is 9.34 Å². The Balaban J connectivity index is 2.47. The van der Waals surface area contributed by atoms with Gasteiger partial charge in [-0.15, -0.1) is 8.28 Å². The van der Waals surface area contributed by atoms with E-state index in [4.69, 9.17) is 0 Å². The molecule has 0 bridgehead atoms. The van der Waals surface area contributed by atoms with Gasteiger partial charge in [0, 0.05) is 0 Å². The normalized spacial score (nSPS) is 27.5. The highest BCUT2D eigenvalue weighted by atomic mass is 32.3. The molecule has 0 fully saturated rings. The molecule has 26 heavy (non-hydrogen) atoms. The van der Waals surface area contributed by atoms with Crippen LogP contribution in [-0.4, -0.2) is 45.9 Å². The maximum absolute atomic E-state index is 13.8. The molecule has 0 aliphatic carbocycles. The van der Waals surface area contributed by atoms with E-state index < -0.39 is 27.3 Å². The average molecular weight is 411 g/mol. The maximum atomic E-state index is 13.8. The zero-order valence-electron chi connectivity index (χ0n) is 15.1. The van der Waals surface area contributed by atoms with Crippen molar-refractivity contribution in [3.05, 3.63) is 60.7 Å². The highest BCUT2D eigenvalue weighted by molar-refractivity contribution is 8.08. The molecule has 0 radical (unpaired) electrons. The molecule has 1 aliphatic rings. The molecule has 1 heterocycles. The Hall–Kier alpha value is -1.51. The Morgan fingerprint density at radius 2 is 1.15 bits per heavy atom. The molecule has 2 aromatic carbocycles. The minimum absolute atomic E-state index is 0.437. The van der Waals surface area contributed by atoms with E-state index in [-0.39, 0.29) is 0 Å². The summed E-state index contributed by atoms with van der Waals surface area (Å²) in [6, 6.07) is 17.5. The van der Waals surface area contributed by atoms with Gasteiger partial charge in [-0.25, -0.2) is 17.8 Å². The first kappa shape index (κ1) is 19.3. The van der Waals surface area contributed by atoms with E-state index in [1.165, 1.54) is 0 Å². The number of benzene rings is 2. The molecule has 0 N–H and O–H groups in total. The lowest BCUT2D eigenvalue weighted by molar-refractivity contribution is 0.561. The molecular weight excluding hydrogens is 389 g/mol. The van der Waals surface area contributed by atoms with Gasteiger partial charge in [0.25, 0.3) is 0 Å². The predicted molar refractivity (Wildman–Crippen MR) is 107 cm³/mol. The van der Waals surface area contributed by atoms with Crippen molar-refractivity contribution >= 4 is 27.3 Å². The SMILES string of the molecule is CN(C)P1(N(C)C)=NS(=O)(c2ccccc2)=NS(=O)(c2ccccc2)=N1. The summed E-state index contributed by atoms with van der Waals surface area (Å²) in [5.41, 5.74) is 0. The molecule has 2 aromatic rings. The third-order valence-electron chi connectivity index (χ3n) is 3.82. The quantitative estimate of drug-likeness (QED) is 0.714. The molecule has 1 aliphatic heterocycles. The summed E-state index contributed by atoms with van der Waals surface area (Å²) in [7, 11) is -2.16. The van der Waals surface area contributed by atoms with Crippen molar-refractivity contribution in [3.63, 3.8) is 0 Å². The van der Waals surface area contributed by atoms with Gasteiger partial charge in [-0.05, 0) is 52.5 Å². The lowest BCUT2D eigenvalue weighted by Crippen LogP contribution is -2.24. The predicted octanol–water partition coefficient (Wildman–Crippen LogP) is 3.95. The minimum atomic E-state index is -3.28. The summed E-state index contributed by atoms with van der Waals surface area (Å²) in [4.78, 5) is 0.873. The zero-order chi connectivity index (χ0) is 19.0. The highest BCUT2D eigenvalue weighted by Crippen LogP contribution is 2.60. The van der Waals surface area contributed by atoms with Crippen LogP contribution in [-0.2, 0) is 19.8 Å². The van der Waals surface area contributed by atoms with Crippen LogP contribution in [0.15, 0.2) is 82.5 Å². The summed E-state index contributed by atoms with van der Waals surface area (Å²) in [6.45, 7) is 0. The fourth-order valence-electron chi connectivity index (χ4n) is 2.50. The largest absolute Gasteiger partial charge is 0.245 e. The zero-order valence-corrected chi connectivity index (χ0v) is 17.6. The highest BCUT2D eigenvalue weighted by Gasteiger charge is 2.36. The maximum Gasteiger partial charge on any atom is 0.235 e. The Labute approximate surface area is 155 Å². The molecule has 0 spiro atoms. The molecule has 2 atom stereocenters. The van der Waals surface area contributed by atoms with E-state index in [0.29, 0.717) is 9.79 Å². The van der Waals surface area contributed by atoms with Gasteiger partial charge < -0.3 is 0 Å². The van der Waals surface area contributed by atoms with Crippen molar-refractivity contribution in [3.8, 4) is 0 Å². The van der Waals surface area contributed by atoms with Crippen molar-refractivity contribution in [2.75, 3.05) is 28.2 Å².